The lowest BCUT2D eigenvalue weighted by Gasteiger charge is -2.50. The fraction of sp³-hybridized carbons (Fsp3) is 1.00. The Kier molecular flexibility index (Phi) is 9.76. The average Bonchev–Trinajstić information content (AvgIpc) is 3.30. The minimum atomic E-state index is 0.520. The first-order valence-corrected chi connectivity index (χ1v) is 16.6. The molecule has 1 nitrogen and oxygen atoms in total. The number of fused-ring (bicyclic) bond motifs is 1. The summed E-state index contributed by atoms with van der Waals surface area (Å²) in [6.07, 6.45) is 25.2. The predicted molar refractivity (Wildman–Crippen MR) is 154 cm³/mol. The van der Waals surface area contributed by atoms with Gasteiger partial charge in [-0.3, -0.25) is 0 Å². The quantitative estimate of drug-likeness (QED) is 0.303. The monoisotopic (exact) mass is 485 g/mol. The second kappa shape index (κ2) is 12.2. The van der Waals surface area contributed by atoms with E-state index < -0.39 is 0 Å². The van der Waals surface area contributed by atoms with Crippen molar-refractivity contribution in [2.24, 2.45) is 52.3 Å². The van der Waals surface area contributed by atoms with E-state index in [4.69, 9.17) is 0 Å². The summed E-state index contributed by atoms with van der Waals surface area (Å²) in [6.45, 7) is 17.1. The van der Waals surface area contributed by atoms with Crippen LogP contribution in [0.5, 0.6) is 0 Å². The average molecular weight is 486 g/mol. The van der Waals surface area contributed by atoms with Crippen LogP contribution >= 0.6 is 0 Å². The van der Waals surface area contributed by atoms with Gasteiger partial charge in [0, 0.05) is 6.04 Å². The zero-order valence-corrected chi connectivity index (χ0v) is 24.8. The van der Waals surface area contributed by atoms with Gasteiger partial charge in [0.05, 0.1) is 0 Å². The SMILES string of the molecule is CCCCCCC(C1CCCCC1)C(C)C1CCCCC2C(C3(C)CCNC3CC)CC(C)C12C. The molecule has 4 aliphatic rings. The van der Waals surface area contributed by atoms with E-state index in [1.807, 2.05) is 0 Å². The van der Waals surface area contributed by atoms with E-state index in [2.05, 4.69) is 46.9 Å². The fourth-order valence-electron chi connectivity index (χ4n) is 10.9. The third-order valence-electron chi connectivity index (χ3n) is 13.1. The molecule has 1 aliphatic heterocycles. The van der Waals surface area contributed by atoms with Crippen molar-refractivity contribution in [3.63, 3.8) is 0 Å². The van der Waals surface area contributed by atoms with Gasteiger partial charge in [-0.1, -0.05) is 112 Å². The summed E-state index contributed by atoms with van der Waals surface area (Å²) < 4.78 is 0. The Morgan fingerprint density at radius 3 is 2.29 bits per heavy atom. The van der Waals surface area contributed by atoms with Gasteiger partial charge in [-0.15, -0.1) is 0 Å². The molecule has 0 aromatic heterocycles. The zero-order chi connectivity index (χ0) is 25.1. The number of hydrogen-bond donors (Lipinski definition) is 1. The van der Waals surface area contributed by atoms with Crippen LogP contribution in [0.4, 0.5) is 0 Å². The van der Waals surface area contributed by atoms with E-state index in [0.717, 1.165) is 47.5 Å². The lowest BCUT2D eigenvalue weighted by atomic mass is 9.55. The maximum Gasteiger partial charge on any atom is 0.0121 e. The molecule has 0 amide bonds. The van der Waals surface area contributed by atoms with Gasteiger partial charge in [0.15, 0.2) is 0 Å². The Balaban J connectivity index is 1.59. The Morgan fingerprint density at radius 1 is 0.857 bits per heavy atom. The molecular formula is C34H63N. The Labute approximate surface area is 220 Å². The molecule has 4 fully saturated rings. The number of nitrogens with one attached hydrogen (secondary N) is 1. The van der Waals surface area contributed by atoms with Crippen LogP contribution in [0.15, 0.2) is 0 Å². The molecule has 204 valence electrons. The van der Waals surface area contributed by atoms with Gasteiger partial charge in [0.2, 0.25) is 0 Å². The van der Waals surface area contributed by atoms with Crippen LogP contribution in [-0.4, -0.2) is 12.6 Å². The summed E-state index contributed by atoms with van der Waals surface area (Å²) >= 11 is 0. The minimum Gasteiger partial charge on any atom is -0.313 e. The predicted octanol–water partition coefficient (Wildman–Crippen LogP) is 10.0. The van der Waals surface area contributed by atoms with Crippen molar-refractivity contribution < 1.29 is 0 Å². The van der Waals surface area contributed by atoms with E-state index in [1.165, 1.54) is 116 Å². The summed E-state index contributed by atoms with van der Waals surface area (Å²) in [5.74, 6) is 6.68. The summed E-state index contributed by atoms with van der Waals surface area (Å²) in [5, 5.41) is 3.94. The van der Waals surface area contributed by atoms with Crippen LogP contribution in [0.3, 0.4) is 0 Å². The van der Waals surface area contributed by atoms with Crippen LogP contribution in [0, 0.1) is 52.3 Å². The molecule has 0 radical (unpaired) electrons. The molecule has 3 aliphatic carbocycles. The molecule has 4 rings (SSSR count). The molecule has 0 bridgehead atoms. The second-order valence-corrected chi connectivity index (χ2v) is 14.5. The molecule has 1 N–H and O–H groups in total. The van der Waals surface area contributed by atoms with Gasteiger partial charge in [0.25, 0.3) is 0 Å². The molecule has 1 saturated heterocycles. The summed E-state index contributed by atoms with van der Waals surface area (Å²) in [4.78, 5) is 0. The third-order valence-corrected chi connectivity index (χ3v) is 13.1. The highest BCUT2D eigenvalue weighted by atomic mass is 15.0. The van der Waals surface area contributed by atoms with E-state index >= 15 is 0 Å². The molecule has 1 heterocycles. The third kappa shape index (κ3) is 5.43. The molecule has 0 spiro atoms. The zero-order valence-electron chi connectivity index (χ0n) is 24.8. The number of hydrogen-bond acceptors (Lipinski definition) is 1. The molecule has 3 saturated carbocycles. The standard InChI is InChI=1S/C34H63N/c1-7-9-10-14-19-28(27-17-12-11-13-18-27)26(4)29-20-15-16-21-30-31(24-25(3)34(29,30)6)33(5)22-23-35-32(33)8-2/h25-32,35H,7-24H2,1-6H3. The summed E-state index contributed by atoms with van der Waals surface area (Å²) in [6, 6.07) is 0.745. The van der Waals surface area contributed by atoms with E-state index in [9.17, 15) is 0 Å². The Morgan fingerprint density at radius 2 is 1.57 bits per heavy atom. The van der Waals surface area contributed by atoms with Crippen molar-refractivity contribution in [2.75, 3.05) is 6.54 Å². The van der Waals surface area contributed by atoms with Crippen molar-refractivity contribution in [2.45, 2.75) is 157 Å². The van der Waals surface area contributed by atoms with Gasteiger partial charge in [-0.25, -0.2) is 0 Å². The fourth-order valence-corrected chi connectivity index (χ4v) is 10.9. The highest BCUT2D eigenvalue weighted by Crippen LogP contribution is 2.66. The van der Waals surface area contributed by atoms with Gasteiger partial charge >= 0.3 is 0 Å². The molecule has 35 heavy (non-hydrogen) atoms. The van der Waals surface area contributed by atoms with Crippen LogP contribution in [0.2, 0.25) is 0 Å². The van der Waals surface area contributed by atoms with Crippen LogP contribution in [0.25, 0.3) is 0 Å². The van der Waals surface area contributed by atoms with E-state index in [0.29, 0.717) is 10.8 Å². The van der Waals surface area contributed by atoms with Crippen LogP contribution < -0.4 is 5.32 Å². The lowest BCUT2D eigenvalue weighted by molar-refractivity contribution is -0.0163. The first-order chi connectivity index (χ1) is 16.9. The molecule has 9 unspecified atom stereocenters. The molecule has 9 atom stereocenters. The molecule has 1 heteroatoms. The number of unbranched alkanes of at least 4 members (excludes halogenated alkanes) is 3. The molecular weight excluding hydrogens is 422 g/mol. The van der Waals surface area contributed by atoms with E-state index in [-0.39, 0.29) is 0 Å². The minimum absolute atomic E-state index is 0.520. The maximum absolute atomic E-state index is 3.94. The van der Waals surface area contributed by atoms with Gasteiger partial charge in [0.1, 0.15) is 0 Å². The van der Waals surface area contributed by atoms with Crippen molar-refractivity contribution in [3.8, 4) is 0 Å². The van der Waals surface area contributed by atoms with Gasteiger partial charge in [-0.2, -0.15) is 0 Å². The smallest absolute Gasteiger partial charge is 0.0121 e. The largest absolute Gasteiger partial charge is 0.313 e. The Bertz CT molecular complexity index is 637. The first-order valence-electron chi connectivity index (χ1n) is 16.6. The van der Waals surface area contributed by atoms with Gasteiger partial charge < -0.3 is 5.32 Å². The Hall–Kier alpha value is -0.0400. The molecule has 0 aromatic carbocycles. The van der Waals surface area contributed by atoms with E-state index in [1.54, 1.807) is 0 Å². The second-order valence-electron chi connectivity index (χ2n) is 14.5. The van der Waals surface area contributed by atoms with Crippen LogP contribution in [-0.2, 0) is 0 Å². The topological polar surface area (TPSA) is 12.0 Å². The molecule has 0 aromatic rings. The normalized spacial score (nSPS) is 42.5. The van der Waals surface area contributed by atoms with Crippen molar-refractivity contribution in [3.05, 3.63) is 0 Å². The maximum atomic E-state index is 3.94. The van der Waals surface area contributed by atoms with Crippen molar-refractivity contribution in [1.82, 2.24) is 5.32 Å². The highest BCUT2D eigenvalue weighted by molar-refractivity contribution is 5.11. The lowest BCUT2D eigenvalue weighted by Crippen LogP contribution is -2.46. The van der Waals surface area contributed by atoms with Gasteiger partial charge in [-0.05, 0) is 97.3 Å². The first kappa shape index (κ1) is 28.0. The van der Waals surface area contributed by atoms with Crippen LogP contribution in [0.1, 0.15) is 151 Å². The van der Waals surface area contributed by atoms with Crippen molar-refractivity contribution >= 4 is 0 Å². The van der Waals surface area contributed by atoms with Crippen molar-refractivity contribution in [1.29, 1.82) is 0 Å². The number of rotatable bonds is 10. The summed E-state index contributed by atoms with van der Waals surface area (Å²) in [7, 11) is 0. The summed E-state index contributed by atoms with van der Waals surface area (Å²) in [5.41, 5.74) is 1.08. The highest BCUT2D eigenvalue weighted by Gasteiger charge is 2.61.